The molecule has 3 fully saturated rings. The van der Waals surface area contributed by atoms with E-state index in [0.29, 0.717) is 11.9 Å². The maximum absolute atomic E-state index is 12.5. The molecule has 0 saturated carbocycles. The molecule has 0 radical (unpaired) electrons. The molecular formula is C13H23N3OS. The Labute approximate surface area is 113 Å². The first-order valence-electron chi connectivity index (χ1n) is 7.07. The van der Waals surface area contributed by atoms with Crippen LogP contribution >= 0.6 is 11.8 Å². The largest absolute Gasteiger partial charge is 0.338 e. The van der Waals surface area contributed by atoms with Crippen LogP contribution in [0.4, 0.5) is 0 Å². The van der Waals surface area contributed by atoms with Gasteiger partial charge in [0.25, 0.3) is 0 Å². The van der Waals surface area contributed by atoms with Crippen LogP contribution in [-0.4, -0.2) is 71.5 Å². The normalized spacial score (nSPS) is 34.6. The van der Waals surface area contributed by atoms with Gasteiger partial charge in [-0.05, 0) is 25.5 Å². The molecule has 4 nitrogen and oxygen atoms in total. The second kappa shape index (κ2) is 5.02. The van der Waals surface area contributed by atoms with Gasteiger partial charge in [-0.15, -0.1) is 11.8 Å². The summed E-state index contributed by atoms with van der Waals surface area (Å²) in [6.45, 7) is 8.50. The van der Waals surface area contributed by atoms with Crippen molar-refractivity contribution in [2.45, 2.75) is 30.6 Å². The Hall–Kier alpha value is -0.260. The lowest BCUT2D eigenvalue weighted by Crippen LogP contribution is -2.65. The van der Waals surface area contributed by atoms with E-state index in [9.17, 15) is 4.79 Å². The second-order valence-corrected chi connectivity index (χ2v) is 7.43. The molecular weight excluding hydrogens is 246 g/mol. The van der Waals surface area contributed by atoms with Gasteiger partial charge in [-0.25, -0.2) is 0 Å². The van der Waals surface area contributed by atoms with Crippen LogP contribution in [0, 0.1) is 0 Å². The average Bonchev–Trinajstić information content (AvgIpc) is 2.77. The van der Waals surface area contributed by atoms with Gasteiger partial charge in [0.15, 0.2) is 0 Å². The molecule has 18 heavy (non-hydrogen) atoms. The zero-order chi connectivity index (χ0) is 12.6. The first kappa shape index (κ1) is 12.8. The van der Waals surface area contributed by atoms with Gasteiger partial charge >= 0.3 is 0 Å². The van der Waals surface area contributed by atoms with E-state index in [1.165, 1.54) is 6.42 Å². The first-order valence-corrected chi connectivity index (χ1v) is 8.06. The van der Waals surface area contributed by atoms with Gasteiger partial charge in [0, 0.05) is 45.3 Å². The fourth-order valence-electron chi connectivity index (χ4n) is 3.18. The summed E-state index contributed by atoms with van der Waals surface area (Å²) in [5.74, 6) is 1.54. The van der Waals surface area contributed by atoms with E-state index in [2.05, 4.69) is 22.0 Å². The topological polar surface area (TPSA) is 35.6 Å². The molecule has 0 spiro atoms. The Morgan fingerprint density at radius 2 is 2.06 bits per heavy atom. The van der Waals surface area contributed by atoms with E-state index in [4.69, 9.17) is 0 Å². The lowest BCUT2D eigenvalue weighted by atomic mass is 9.99. The zero-order valence-electron chi connectivity index (χ0n) is 11.2. The van der Waals surface area contributed by atoms with Crippen molar-refractivity contribution in [3.63, 3.8) is 0 Å². The Kier molecular flexibility index (Phi) is 3.56. The third-order valence-electron chi connectivity index (χ3n) is 4.49. The highest BCUT2D eigenvalue weighted by molar-refractivity contribution is 8.01. The van der Waals surface area contributed by atoms with Crippen LogP contribution < -0.4 is 5.32 Å². The summed E-state index contributed by atoms with van der Waals surface area (Å²) in [6, 6.07) is 0.617. The van der Waals surface area contributed by atoms with Crippen LogP contribution in [-0.2, 0) is 4.79 Å². The van der Waals surface area contributed by atoms with E-state index in [0.717, 1.165) is 51.4 Å². The van der Waals surface area contributed by atoms with Crippen molar-refractivity contribution in [2.75, 3.05) is 45.0 Å². The molecule has 3 heterocycles. The van der Waals surface area contributed by atoms with E-state index in [1.807, 2.05) is 11.8 Å². The number of likely N-dealkylation sites (tertiary alicyclic amines) is 1. The van der Waals surface area contributed by atoms with Crippen molar-refractivity contribution in [3.05, 3.63) is 0 Å². The Morgan fingerprint density at radius 1 is 1.33 bits per heavy atom. The van der Waals surface area contributed by atoms with E-state index >= 15 is 0 Å². The van der Waals surface area contributed by atoms with E-state index < -0.39 is 0 Å². The van der Waals surface area contributed by atoms with Crippen LogP contribution in [0.3, 0.4) is 0 Å². The molecule has 0 aromatic heterocycles. The van der Waals surface area contributed by atoms with Crippen LogP contribution in [0.1, 0.15) is 19.8 Å². The van der Waals surface area contributed by atoms with Gasteiger partial charge in [0.2, 0.25) is 5.91 Å². The molecule has 1 amide bonds. The van der Waals surface area contributed by atoms with E-state index in [1.54, 1.807) is 0 Å². The summed E-state index contributed by atoms with van der Waals surface area (Å²) >= 11 is 1.85. The summed E-state index contributed by atoms with van der Waals surface area (Å²) in [4.78, 5) is 17.1. The number of thioether (sulfide) groups is 1. The number of carbonyl (C=O) groups excluding carboxylic acids is 1. The standard InChI is InChI=1S/C13H23N3OS/c1-13(3-2-8-18-13)12(17)16-9-11(10-16)15-6-4-14-5-7-15/h11,14H,2-10H2,1H3. The van der Waals surface area contributed by atoms with Crippen molar-refractivity contribution < 1.29 is 4.79 Å². The fourth-order valence-corrected chi connectivity index (χ4v) is 4.46. The summed E-state index contributed by atoms with van der Waals surface area (Å²) < 4.78 is -0.117. The maximum Gasteiger partial charge on any atom is 0.238 e. The molecule has 1 atom stereocenters. The quantitative estimate of drug-likeness (QED) is 0.786. The van der Waals surface area contributed by atoms with Crippen molar-refractivity contribution in [3.8, 4) is 0 Å². The minimum atomic E-state index is -0.117. The number of piperazine rings is 1. The lowest BCUT2D eigenvalue weighted by Gasteiger charge is -2.48. The SMILES string of the molecule is CC1(C(=O)N2CC(N3CCNCC3)C2)CCCS1. The number of rotatable bonds is 2. The highest BCUT2D eigenvalue weighted by atomic mass is 32.2. The van der Waals surface area contributed by atoms with E-state index in [-0.39, 0.29) is 4.75 Å². The predicted molar refractivity (Wildman–Crippen MR) is 74.9 cm³/mol. The van der Waals surface area contributed by atoms with Crippen molar-refractivity contribution in [2.24, 2.45) is 0 Å². The molecule has 0 aromatic rings. The third kappa shape index (κ3) is 2.28. The van der Waals surface area contributed by atoms with Gasteiger partial charge in [0.05, 0.1) is 4.75 Å². The monoisotopic (exact) mass is 269 g/mol. The number of nitrogens with zero attached hydrogens (tertiary/aromatic N) is 2. The predicted octanol–water partition coefficient (Wildman–Crippen LogP) is 0.388. The van der Waals surface area contributed by atoms with Crippen molar-refractivity contribution in [1.29, 1.82) is 0 Å². The smallest absolute Gasteiger partial charge is 0.238 e. The summed E-state index contributed by atoms with van der Waals surface area (Å²) in [6.07, 6.45) is 2.26. The highest BCUT2D eigenvalue weighted by Gasteiger charge is 2.44. The molecule has 5 heteroatoms. The molecule has 102 valence electrons. The Morgan fingerprint density at radius 3 is 2.67 bits per heavy atom. The molecule has 3 aliphatic rings. The molecule has 1 unspecified atom stereocenters. The maximum atomic E-state index is 12.5. The first-order chi connectivity index (χ1) is 8.69. The molecule has 3 saturated heterocycles. The summed E-state index contributed by atoms with van der Waals surface area (Å²) in [5, 5.41) is 3.38. The molecule has 3 aliphatic heterocycles. The van der Waals surface area contributed by atoms with Gasteiger partial charge in [-0.3, -0.25) is 9.69 Å². The van der Waals surface area contributed by atoms with Gasteiger partial charge in [0.1, 0.15) is 0 Å². The van der Waals surface area contributed by atoms with Crippen LogP contribution in [0.25, 0.3) is 0 Å². The minimum Gasteiger partial charge on any atom is -0.338 e. The van der Waals surface area contributed by atoms with Crippen LogP contribution in [0.15, 0.2) is 0 Å². The van der Waals surface area contributed by atoms with Crippen LogP contribution in [0.5, 0.6) is 0 Å². The number of hydrogen-bond donors (Lipinski definition) is 1. The molecule has 1 N–H and O–H groups in total. The zero-order valence-corrected chi connectivity index (χ0v) is 12.0. The second-order valence-electron chi connectivity index (χ2n) is 5.83. The summed E-state index contributed by atoms with van der Waals surface area (Å²) in [7, 11) is 0. The third-order valence-corrected chi connectivity index (χ3v) is 6.00. The number of nitrogens with one attached hydrogen (secondary N) is 1. The molecule has 0 bridgehead atoms. The Bertz CT molecular complexity index is 318. The summed E-state index contributed by atoms with van der Waals surface area (Å²) in [5.41, 5.74) is 0. The Balaban J connectivity index is 1.50. The van der Waals surface area contributed by atoms with Gasteiger partial charge < -0.3 is 10.2 Å². The average molecular weight is 269 g/mol. The minimum absolute atomic E-state index is 0.117. The lowest BCUT2D eigenvalue weighted by molar-refractivity contribution is -0.141. The fraction of sp³-hybridized carbons (Fsp3) is 0.923. The van der Waals surface area contributed by atoms with Gasteiger partial charge in [-0.1, -0.05) is 0 Å². The van der Waals surface area contributed by atoms with Gasteiger partial charge in [-0.2, -0.15) is 0 Å². The van der Waals surface area contributed by atoms with Crippen molar-refractivity contribution >= 4 is 17.7 Å². The van der Waals surface area contributed by atoms with Crippen molar-refractivity contribution in [1.82, 2.24) is 15.1 Å². The molecule has 0 aliphatic carbocycles. The number of amides is 1. The number of carbonyl (C=O) groups is 1. The highest BCUT2D eigenvalue weighted by Crippen LogP contribution is 2.40. The molecule has 3 rings (SSSR count). The van der Waals surface area contributed by atoms with Crippen LogP contribution in [0.2, 0.25) is 0 Å². The number of hydrogen-bond acceptors (Lipinski definition) is 4. The molecule has 0 aromatic carbocycles.